The number of aromatic nitrogens is 3. The van der Waals surface area contributed by atoms with E-state index in [9.17, 15) is 0 Å². The normalized spacial score (nSPS) is 13.0. The van der Waals surface area contributed by atoms with Crippen LogP contribution in [-0.4, -0.2) is 20.1 Å². The molecule has 0 fully saturated rings. The van der Waals surface area contributed by atoms with Crippen molar-refractivity contribution in [2.24, 2.45) is 5.92 Å². The van der Waals surface area contributed by atoms with Crippen molar-refractivity contribution in [3.05, 3.63) is 11.9 Å². The van der Waals surface area contributed by atoms with Gasteiger partial charge in [0.25, 0.3) is 0 Å². The second kappa shape index (κ2) is 6.56. The third kappa shape index (κ3) is 4.00. The van der Waals surface area contributed by atoms with Crippen LogP contribution in [0.3, 0.4) is 0 Å². The molecule has 1 atom stereocenters. The molecule has 86 valence electrons. The third-order valence-corrected chi connectivity index (χ3v) is 2.74. The maximum absolute atomic E-state index is 8.87. The van der Waals surface area contributed by atoms with Gasteiger partial charge in [0.2, 0.25) is 0 Å². The summed E-state index contributed by atoms with van der Waals surface area (Å²) in [5.74, 6) is 0.679. The molecule has 0 spiro atoms. The van der Waals surface area contributed by atoms with Crippen LogP contribution in [0.5, 0.6) is 0 Å². The molecule has 4 nitrogen and oxygen atoms in total. The fraction of sp³-hybridized carbons (Fsp3) is 0.818. The zero-order chi connectivity index (χ0) is 11.1. The van der Waals surface area contributed by atoms with E-state index < -0.39 is 0 Å². The van der Waals surface area contributed by atoms with Gasteiger partial charge in [0.05, 0.1) is 12.8 Å². The number of hydrogen-bond acceptors (Lipinski definition) is 3. The highest BCUT2D eigenvalue weighted by Gasteiger charge is 2.08. The summed E-state index contributed by atoms with van der Waals surface area (Å²) in [4.78, 5) is 0. The van der Waals surface area contributed by atoms with E-state index in [2.05, 4.69) is 24.2 Å². The zero-order valence-corrected chi connectivity index (χ0v) is 9.69. The van der Waals surface area contributed by atoms with Gasteiger partial charge in [-0.15, -0.1) is 5.10 Å². The molecular formula is C11H21N3O. The first-order valence-corrected chi connectivity index (χ1v) is 5.80. The highest BCUT2D eigenvalue weighted by molar-refractivity contribution is 4.89. The van der Waals surface area contributed by atoms with E-state index in [4.69, 9.17) is 5.11 Å². The van der Waals surface area contributed by atoms with E-state index in [0.29, 0.717) is 11.6 Å². The Morgan fingerprint density at radius 1 is 1.47 bits per heavy atom. The van der Waals surface area contributed by atoms with Gasteiger partial charge in [0.15, 0.2) is 0 Å². The van der Waals surface area contributed by atoms with E-state index in [1.54, 1.807) is 0 Å². The summed E-state index contributed by atoms with van der Waals surface area (Å²) in [5.41, 5.74) is 0.653. The predicted octanol–water partition coefficient (Wildman–Crippen LogP) is 1.99. The standard InChI is InChI=1S/C11H21N3O/c1-3-5-6-10(4-2)7-14-8-11(9-15)12-13-14/h8,10,15H,3-7,9H2,1-2H3. The third-order valence-electron chi connectivity index (χ3n) is 2.74. The first-order chi connectivity index (χ1) is 7.30. The maximum atomic E-state index is 8.87. The van der Waals surface area contributed by atoms with Gasteiger partial charge in [-0.1, -0.05) is 38.3 Å². The molecule has 0 saturated heterocycles. The molecule has 0 radical (unpaired) electrons. The fourth-order valence-electron chi connectivity index (χ4n) is 1.68. The molecule has 0 saturated carbocycles. The van der Waals surface area contributed by atoms with Crippen LogP contribution in [0.2, 0.25) is 0 Å². The van der Waals surface area contributed by atoms with Gasteiger partial charge >= 0.3 is 0 Å². The lowest BCUT2D eigenvalue weighted by Gasteiger charge is -2.13. The van der Waals surface area contributed by atoms with Crippen molar-refractivity contribution in [2.45, 2.75) is 52.7 Å². The van der Waals surface area contributed by atoms with Crippen LogP contribution in [0, 0.1) is 5.92 Å². The van der Waals surface area contributed by atoms with Crippen LogP contribution >= 0.6 is 0 Å². The first kappa shape index (κ1) is 12.2. The predicted molar refractivity (Wildman–Crippen MR) is 59.3 cm³/mol. The number of rotatable bonds is 7. The van der Waals surface area contributed by atoms with Gasteiger partial charge < -0.3 is 5.11 Å². The minimum Gasteiger partial charge on any atom is -0.390 e. The summed E-state index contributed by atoms with van der Waals surface area (Å²) < 4.78 is 1.84. The molecule has 0 aliphatic heterocycles. The van der Waals surface area contributed by atoms with E-state index in [1.165, 1.54) is 25.7 Å². The second-order valence-electron chi connectivity index (χ2n) is 4.01. The Morgan fingerprint density at radius 2 is 2.27 bits per heavy atom. The van der Waals surface area contributed by atoms with Crippen LogP contribution in [0.25, 0.3) is 0 Å². The lowest BCUT2D eigenvalue weighted by atomic mass is 9.99. The quantitative estimate of drug-likeness (QED) is 0.750. The average Bonchev–Trinajstić information content (AvgIpc) is 2.71. The van der Waals surface area contributed by atoms with E-state index in [1.807, 2.05) is 10.9 Å². The molecule has 1 unspecified atom stereocenters. The summed E-state index contributed by atoms with van der Waals surface area (Å²) in [6.07, 6.45) is 6.78. The molecule has 0 aliphatic rings. The molecule has 1 heterocycles. The summed E-state index contributed by atoms with van der Waals surface area (Å²) in [7, 11) is 0. The lowest BCUT2D eigenvalue weighted by molar-refractivity contribution is 0.276. The summed E-state index contributed by atoms with van der Waals surface area (Å²) in [6.45, 7) is 5.32. The Labute approximate surface area is 91.3 Å². The monoisotopic (exact) mass is 211 g/mol. The number of aliphatic hydroxyl groups is 1. The topological polar surface area (TPSA) is 50.9 Å². The molecule has 0 bridgehead atoms. The van der Waals surface area contributed by atoms with Gasteiger partial charge in [-0.05, 0) is 12.3 Å². The van der Waals surface area contributed by atoms with Gasteiger partial charge in [-0.25, -0.2) is 0 Å². The zero-order valence-electron chi connectivity index (χ0n) is 9.69. The maximum Gasteiger partial charge on any atom is 0.108 e. The largest absolute Gasteiger partial charge is 0.390 e. The highest BCUT2D eigenvalue weighted by atomic mass is 16.3. The Hall–Kier alpha value is -0.900. The van der Waals surface area contributed by atoms with E-state index in [-0.39, 0.29) is 6.61 Å². The SMILES string of the molecule is CCCCC(CC)Cn1cc(CO)nn1. The fourth-order valence-corrected chi connectivity index (χ4v) is 1.68. The Balaban J connectivity index is 2.43. The van der Waals surface area contributed by atoms with Crippen LogP contribution in [-0.2, 0) is 13.2 Å². The molecule has 0 aromatic carbocycles. The van der Waals surface area contributed by atoms with Crippen molar-refractivity contribution in [1.29, 1.82) is 0 Å². The minimum atomic E-state index is -0.0221. The Morgan fingerprint density at radius 3 is 2.80 bits per heavy atom. The highest BCUT2D eigenvalue weighted by Crippen LogP contribution is 2.14. The molecule has 15 heavy (non-hydrogen) atoms. The van der Waals surface area contributed by atoms with Crippen molar-refractivity contribution in [1.82, 2.24) is 15.0 Å². The molecule has 1 N–H and O–H groups in total. The molecule has 0 amide bonds. The van der Waals surface area contributed by atoms with Crippen LogP contribution < -0.4 is 0 Å². The Kier molecular flexibility index (Phi) is 5.32. The number of hydrogen-bond donors (Lipinski definition) is 1. The summed E-state index contributed by atoms with van der Waals surface area (Å²) in [5, 5.41) is 16.7. The molecule has 1 rings (SSSR count). The molecular weight excluding hydrogens is 190 g/mol. The summed E-state index contributed by atoms with van der Waals surface area (Å²) in [6, 6.07) is 0. The smallest absolute Gasteiger partial charge is 0.108 e. The lowest BCUT2D eigenvalue weighted by Crippen LogP contribution is -2.10. The summed E-state index contributed by atoms with van der Waals surface area (Å²) >= 11 is 0. The van der Waals surface area contributed by atoms with E-state index >= 15 is 0 Å². The second-order valence-corrected chi connectivity index (χ2v) is 4.01. The van der Waals surface area contributed by atoms with Gasteiger partial charge in [0.1, 0.15) is 5.69 Å². The van der Waals surface area contributed by atoms with Crippen molar-refractivity contribution in [2.75, 3.05) is 0 Å². The van der Waals surface area contributed by atoms with E-state index in [0.717, 1.165) is 6.54 Å². The first-order valence-electron chi connectivity index (χ1n) is 5.80. The Bertz CT molecular complexity index is 273. The molecule has 1 aromatic heterocycles. The van der Waals surface area contributed by atoms with Gasteiger partial charge in [-0.2, -0.15) is 0 Å². The van der Waals surface area contributed by atoms with Crippen molar-refractivity contribution in [3.63, 3.8) is 0 Å². The van der Waals surface area contributed by atoms with Crippen LogP contribution in [0.1, 0.15) is 45.2 Å². The molecule has 1 aromatic rings. The van der Waals surface area contributed by atoms with Crippen molar-refractivity contribution < 1.29 is 5.11 Å². The number of aliphatic hydroxyl groups excluding tert-OH is 1. The minimum absolute atomic E-state index is 0.0221. The average molecular weight is 211 g/mol. The van der Waals surface area contributed by atoms with Gasteiger partial charge in [-0.3, -0.25) is 4.68 Å². The van der Waals surface area contributed by atoms with Gasteiger partial charge in [0, 0.05) is 6.54 Å². The number of unbranched alkanes of at least 4 members (excludes halogenated alkanes) is 1. The number of nitrogens with zero attached hydrogens (tertiary/aromatic N) is 3. The van der Waals surface area contributed by atoms with Crippen LogP contribution in [0.4, 0.5) is 0 Å². The van der Waals surface area contributed by atoms with Crippen molar-refractivity contribution in [3.8, 4) is 0 Å². The van der Waals surface area contributed by atoms with Crippen LogP contribution in [0.15, 0.2) is 6.20 Å². The molecule has 0 aliphatic carbocycles. The molecule has 4 heteroatoms. The van der Waals surface area contributed by atoms with Crippen molar-refractivity contribution >= 4 is 0 Å².